The molecular formula is C16H24N2O2. The third-order valence-corrected chi connectivity index (χ3v) is 3.75. The summed E-state index contributed by atoms with van der Waals surface area (Å²) in [5.74, 6) is 1.32. The molecule has 0 aromatic heterocycles. The standard InChI is InChI=1S/C16H24N2O2/c1-3-11(2)20-14-8-6-13(7-9-14)16(19)18-10-15(17)12-4-5-12/h6-9,11-12,15H,3-5,10,17H2,1-2H3,(H,18,19). The molecule has 3 N–H and O–H groups in total. The fourth-order valence-electron chi connectivity index (χ4n) is 2.00. The van der Waals surface area contributed by atoms with E-state index in [1.54, 1.807) is 12.1 Å². The Hall–Kier alpha value is -1.55. The average molecular weight is 276 g/mol. The van der Waals surface area contributed by atoms with Crippen LogP contribution in [0.2, 0.25) is 0 Å². The van der Waals surface area contributed by atoms with Crippen LogP contribution < -0.4 is 15.8 Å². The third kappa shape index (κ3) is 4.23. The van der Waals surface area contributed by atoms with E-state index in [9.17, 15) is 4.79 Å². The van der Waals surface area contributed by atoms with Crippen LogP contribution in [0.4, 0.5) is 0 Å². The van der Waals surface area contributed by atoms with Crippen LogP contribution in [-0.4, -0.2) is 24.6 Å². The van der Waals surface area contributed by atoms with Gasteiger partial charge in [-0.15, -0.1) is 0 Å². The number of carbonyl (C=O) groups is 1. The van der Waals surface area contributed by atoms with Gasteiger partial charge in [0.1, 0.15) is 5.75 Å². The number of benzene rings is 1. The maximum atomic E-state index is 12.0. The van der Waals surface area contributed by atoms with Crippen molar-refractivity contribution < 1.29 is 9.53 Å². The summed E-state index contributed by atoms with van der Waals surface area (Å²) in [5.41, 5.74) is 6.61. The second kappa shape index (κ2) is 6.75. The molecule has 4 heteroatoms. The van der Waals surface area contributed by atoms with Gasteiger partial charge in [-0.3, -0.25) is 4.79 Å². The van der Waals surface area contributed by atoms with Crippen LogP contribution in [0, 0.1) is 5.92 Å². The van der Waals surface area contributed by atoms with Crippen LogP contribution in [0.3, 0.4) is 0 Å². The van der Waals surface area contributed by atoms with Crippen molar-refractivity contribution in [2.75, 3.05) is 6.54 Å². The van der Waals surface area contributed by atoms with Crippen LogP contribution in [0.5, 0.6) is 5.75 Å². The first-order valence-corrected chi connectivity index (χ1v) is 7.40. The summed E-state index contributed by atoms with van der Waals surface area (Å²) >= 11 is 0. The SMILES string of the molecule is CCC(C)Oc1ccc(C(=O)NCC(N)C2CC2)cc1. The lowest BCUT2D eigenvalue weighted by molar-refractivity contribution is 0.0950. The smallest absolute Gasteiger partial charge is 0.251 e. The van der Waals surface area contributed by atoms with Gasteiger partial charge in [0.05, 0.1) is 6.10 Å². The number of rotatable bonds is 7. The molecule has 2 unspecified atom stereocenters. The van der Waals surface area contributed by atoms with Crippen molar-refractivity contribution in [1.82, 2.24) is 5.32 Å². The Kier molecular flexibility index (Phi) is 5.01. The van der Waals surface area contributed by atoms with Crippen LogP contribution in [0.25, 0.3) is 0 Å². The number of amides is 1. The van der Waals surface area contributed by atoms with E-state index in [4.69, 9.17) is 10.5 Å². The van der Waals surface area contributed by atoms with Gasteiger partial charge in [0.2, 0.25) is 0 Å². The summed E-state index contributed by atoms with van der Waals surface area (Å²) < 4.78 is 5.68. The largest absolute Gasteiger partial charge is 0.491 e. The van der Waals surface area contributed by atoms with E-state index >= 15 is 0 Å². The topological polar surface area (TPSA) is 64.3 Å². The molecule has 0 radical (unpaired) electrons. The second-order valence-corrected chi connectivity index (χ2v) is 5.57. The van der Waals surface area contributed by atoms with E-state index in [1.165, 1.54) is 12.8 Å². The van der Waals surface area contributed by atoms with Gasteiger partial charge >= 0.3 is 0 Å². The normalized spacial score (nSPS) is 17.4. The van der Waals surface area contributed by atoms with E-state index in [1.807, 2.05) is 19.1 Å². The molecule has 0 aliphatic heterocycles. The second-order valence-electron chi connectivity index (χ2n) is 5.57. The number of nitrogens with two attached hydrogens (primary N) is 1. The van der Waals surface area contributed by atoms with E-state index in [0.717, 1.165) is 12.2 Å². The predicted octanol–water partition coefficient (Wildman–Crippen LogP) is 2.33. The summed E-state index contributed by atoms with van der Waals surface area (Å²) in [6.07, 6.45) is 3.53. The molecule has 20 heavy (non-hydrogen) atoms. The van der Waals surface area contributed by atoms with Crippen LogP contribution in [0.15, 0.2) is 24.3 Å². The van der Waals surface area contributed by atoms with Crippen molar-refractivity contribution in [1.29, 1.82) is 0 Å². The monoisotopic (exact) mass is 276 g/mol. The van der Waals surface area contributed by atoms with E-state index in [0.29, 0.717) is 18.0 Å². The number of nitrogens with one attached hydrogen (secondary N) is 1. The summed E-state index contributed by atoms with van der Waals surface area (Å²) in [6, 6.07) is 7.33. The highest BCUT2D eigenvalue weighted by atomic mass is 16.5. The highest BCUT2D eigenvalue weighted by molar-refractivity contribution is 5.94. The zero-order valence-electron chi connectivity index (χ0n) is 12.3. The Bertz CT molecular complexity index is 440. The van der Waals surface area contributed by atoms with Gasteiger partial charge < -0.3 is 15.8 Å². The lowest BCUT2D eigenvalue weighted by Gasteiger charge is -2.13. The summed E-state index contributed by atoms with van der Waals surface area (Å²) in [4.78, 5) is 12.0. The molecule has 110 valence electrons. The van der Waals surface area contributed by atoms with Crippen molar-refractivity contribution in [2.24, 2.45) is 11.7 Å². The molecule has 0 spiro atoms. The molecule has 1 aromatic carbocycles. The molecule has 2 rings (SSSR count). The van der Waals surface area contributed by atoms with Gasteiger partial charge in [-0.25, -0.2) is 0 Å². The minimum Gasteiger partial charge on any atom is -0.491 e. The average Bonchev–Trinajstić information content (AvgIpc) is 3.29. The quantitative estimate of drug-likeness (QED) is 0.803. The van der Waals surface area contributed by atoms with Gasteiger partial charge in [-0.2, -0.15) is 0 Å². The molecule has 1 amide bonds. The van der Waals surface area contributed by atoms with Gasteiger partial charge in [-0.1, -0.05) is 6.92 Å². The maximum Gasteiger partial charge on any atom is 0.251 e. The Balaban J connectivity index is 1.83. The minimum absolute atomic E-state index is 0.0730. The molecule has 1 saturated carbocycles. The van der Waals surface area contributed by atoms with Gasteiger partial charge in [0.15, 0.2) is 0 Å². The highest BCUT2D eigenvalue weighted by Crippen LogP contribution is 2.31. The van der Waals surface area contributed by atoms with Crippen molar-refractivity contribution in [3.05, 3.63) is 29.8 Å². The molecule has 0 saturated heterocycles. The number of hydrogen-bond acceptors (Lipinski definition) is 3. The summed E-state index contributed by atoms with van der Waals surface area (Å²) in [7, 11) is 0. The molecule has 2 atom stereocenters. The molecule has 1 fully saturated rings. The van der Waals surface area contributed by atoms with Crippen molar-refractivity contribution >= 4 is 5.91 Å². The molecule has 0 heterocycles. The van der Waals surface area contributed by atoms with Gasteiger partial charge in [0.25, 0.3) is 5.91 Å². The van der Waals surface area contributed by atoms with Crippen molar-refractivity contribution in [2.45, 2.75) is 45.3 Å². The fourth-order valence-corrected chi connectivity index (χ4v) is 2.00. The summed E-state index contributed by atoms with van der Waals surface area (Å²) in [5, 5.41) is 2.89. The van der Waals surface area contributed by atoms with E-state index < -0.39 is 0 Å². The van der Waals surface area contributed by atoms with Crippen molar-refractivity contribution in [3.8, 4) is 5.75 Å². The molecule has 1 aliphatic rings. The Morgan fingerprint density at radius 2 is 2.05 bits per heavy atom. The minimum atomic E-state index is -0.0730. The number of hydrogen-bond donors (Lipinski definition) is 2. The molecule has 0 bridgehead atoms. The number of carbonyl (C=O) groups excluding carboxylic acids is 1. The predicted molar refractivity (Wildman–Crippen MR) is 79.9 cm³/mol. The zero-order valence-corrected chi connectivity index (χ0v) is 12.3. The molecular weight excluding hydrogens is 252 g/mol. The third-order valence-electron chi connectivity index (χ3n) is 3.75. The van der Waals surface area contributed by atoms with Crippen LogP contribution in [-0.2, 0) is 0 Å². The van der Waals surface area contributed by atoms with E-state index in [2.05, 4.69) is 12.2 Å². The Morgan fingerprint density at radius 3 is 2.60 bits per heavy atom. The molecule has 1 aromatic rings. The highest BCUT2D eigenvalue weighted by Gasteiger charge is 2.28. The van der Waals surface area contributed by atoms with Gasteiger partial charge in [0, 0.05) is 18.2 Å². The lowest BCUT2D eigenvalue weighted by Crippen LogP contribution is -2.38. The maximum absolute atomic E-state index is 12.0. The first-order chi connectivity index (χ1) is 9.60. The molecule has 1 aliphatic carbocycles. The van der Waals surface area contributed by atoms with Gasteiger partial charge in [-0.05, 0) is 56.4 Å². The zero-order chi connectivity index (χ0) is 14.5. The molecule has 4 nitrogen and oxygen atoms in total. The van der Waals surface area contributed by atoms with Crippen LogP contribution >= 0.6 is 0 Å². The van der Waals surface area contributed by atoms with Crippen molar-refractivity contribution in [3.63, 3.8) is 0 Å². The first kappa shape index (κ1) is 14.9. The fraction of sp³-hybridized carbons (Fsp3) is 0.562. The number of ether oxygens (including phenoxy) is 1. The Labute approximate surface area is 120 Å². The van der Waals surface area contributed by atoms with E-state index in [-0.39, 0.29) is 18.1 Å². The first-order valence-electron chi connectivity index (χ1n) is 7.40. The van der Waals surface area contributed by atoms with Crippen LogP contribution in [0.1, 0.15) is 43.5 Å². The Morgan fingerprint density at radius 1 is 1.40 bits per heavy atom. The summed E-state index contributed by atoms with van der Waals surface area (Å²) in [6.45, 7) is 4.66. The lowest BCUT2D eigenvalue weighted by atomic mass is 10.1.